The van der Waals surface area contributed by atoms with Crippen LogP contribution in [0.3, 0.4) is 0 Å². The molecular weight excluding hydrogens is 373 g/mol. The molecule has 0 spiro atoms. The van der Waals surface area contributed by atoms with E-state index in [-0.39, 0.29) is 18.1 Å². The molecule has 0 fully saturated rings. The molecule has 8 heteroatoms. The zero-order valence-electron chi connectivity index (χ0n) is 16.0. The third-order valence-corrected chi connectivity index (χ3v) is 3.68. The molecule has 2 rings (SSSR count). The van der Waals surface area contributed by atoms with Gasteiger partial charge in [-0.1, -0.05) is 6.07 Å². The summed E-state index contributed by atoms with van der Waals surface area (Å²) < 4.78 is 46.1. The Labute approximate surface area is 161 Å². The Bertz CT molecular complexity index is 877. The van der Waals surface area contributed by atoms with Crippen LogP contribution in [0.15, 0.2) is 41.4 Å². The molecule has 0 saturated carbocycles. The van der Waals surface area contributed by atoms with E-state index in [1.165, 1.54) is 12.1 Å². The number of hydrogen-bond acceptors (Lipinski definition) is 4. The van der Waals surface area contributed by atoms with Crippen molar-refractivity contribution in [1.82, 2.24) is 4.90 Å². The molecule has 0 aliphatic carbocycles. The highest BCUT2D eigenvalue weighted by Gasteiger charge is 2.31. The van der Waals surface area contributed by atoms with Crippen molar-refractivity contribution >= 4 is 17.8 Å². The van der Waals surface area contributed by atoms with Gasteiger partial charge in [0.05, 0.1) is 12.0 Å². The van der Waals surface area contributed by atoms with Gasteiger partial charge in [-0.3, -0.25) is 4.79 Å². The molecule has 2 aromatic carbocycles. The number of alkyl halides is 3. The maximum Gasteiger partial charge on any atom is 0.573 e. The molecule has 0 aliphatic heterocycles. The van der Waals surface area contributed by atoms with Crippen molar-refractivity contribution in [3.8, 4) is 11.5 Å². The smallest absolute Gasteiger partial charge is 0.485 e. The predicted octanol–water partition coefficient (Wildman–Crippen LogP) is 4.69. The van der Waals surface area contributed by atoms with E-state index in [0.717, 1.165) is 28.9 Å². The molecule has 0 aromatic heterocycles. The first-order valence-electron chi connectivity index (χ1n) is 8.39. The number of aliphatic imine (C=N–C) groups is 1. The average molecular weight is 394 g/mol. The number of aryl methyl sites for hydroxylation is 2. The lowest BCUT2D eigenvalue weighted by Gasteiger charge is -2.12. The van der Waals surface area contributed by atoms with Crippen LogP contribution in [-0.4, -0.2) is 44.1 Å². The van der Waals surface area contributed by atoms with E-state index in [0.29, 0.717) is 5.56 Å². The summed E-state index contributed by atoms with van der Waals surface area (Å²) in [6, 6.07) is 8.58. The zero-order valence-corrected chi connectivity index (χ0v) is 16.0. The number of benzene rings is 2. The molecule has 0 aliphatic rings. The van der Waals surface area contributed by atoms with Gasteiger partial charge >= 0.3 is 6.36 Å². The monoisotopic (exact) mass is 394 g/mol. The first-order chi connectivity index (χ1) is 13.0. The molecule has 5 nitrogen and oxygen atoms in total. The standard InChI is InChI=1S/C20H21F3N2O3/c1-13-9-18(24-12-25(3)4)14(2)8-17(13)19(26)11-27-15-6-5-7-16(10-15)28-20(21,22)23/h5-10,12H,11H2,1-4H3. The lowest BCUT2D eigenvalue weighted by Crippen LogP contribution is -2.17. The zero-order chi connectivity index (χ0) is 20.9. The minimum absolute atomic E-state index is 0.108. The Balaban J connectivity index is 2.09. The lowest BCUT2D eigenvalue weighted by molar-refractivity contribution is -0.274. The molecular formula is C20H21F3N2O3. The van der Waals surface area contributed by atoms with Crippen molar-refractivity contribution in [2.24, 2.45) is 4.99 Å². The minimum atomic E-state index is -4.79. The molecule has 0 N–H and O–H groups in total. The second-order valence-electron chi connectivity index (χ2n) is 6.40. The van der Waals surface area contributed by atoms with Crippen LogP contribution in [0, 0.1) is 13.8 Å². The Morgan fingerprint density at radius 1 is 1.11 bits per heavy atom. The first-order valence-corrected chi connectivity index (χ1v) is 8.39. The summed E-state index contributed by atoms with van der Waals surface area (Å²) in [5, 5.41) is 0. The Kier molecular flexibility index (Phi) is 6.66. The average Bonchev–Trinajstić information content (AvgIpc) is 2.58. The highest BCUT2D eigenvalue weighted by atomic mass is 19.4. The van der Waals surface area contributed by atoms with E-state index in [4.69, 9.17) is 4.74 Å². The number of nitrogens with zero attached hydrogens (tertiary/aromatic N) is 2. The van der Waals surface area contributed by atoms with E-state index >= 15 is 0 Å². The van der Waals surface area contributed by atoms with E-state index in [1.54, 1.807) is 30.3 Å². The number of Topliss-reactive ketones (excluding diaryl/α,β-unsaturated/α-hetero) is 1. The fourth-order valence-electron chi connectivity index (χ4n) is 2.41. The van der Waals surface area contributed by atoms with Gasteiger partial charge in [0.1, 0.15) is 11.5 Å². The van der Waals surface area contributed by atoms with Crippen LogP contribution in [0.1, 0.15) is 21.5 Å². The van der Waals surface area contributed by atoms with Gasteiger partial charge in [0.25, 0.3) is 0 Å². The van der Waals surface area contributed by atoms with Crippen molar-refractivity contribution in [2.75, 3.05) is 20.7 Å². The van der Waals surface area contributed by atoms with Crippen molar-refractivity contribution in [1.29, 1.82) is 0 Å². The summed E-state index contributed by atoms with van der Waals surface area (Å²) in [5.41, 5.74) is 2.79. The molecule has 0 atom stereocenters. The third-order valence-electron chi connectivity index (χ3n) is 3.68. The van der Waals surface area contributed by atoms with Crippen LogP contribution in [0.4, 0.5) is 18.9 Å². The summed E-state index contributed by atoms with van der Waals surface area (Å²) in [6.07, 6.45) is -3.12. The highest BCUT2D eigenvalue weighted by Crippen LogP contribution is 2.27. The molecule has 0 unspecified atom stereocenters. The van der Waals surface area contributed by atoms with Crippen LogP contribution in [-0.2, 0) is 0 Å². The van der Waals surface area contributed by atoms with Crippen molar-refractivity contribution < 1.29 is 27.4 Å². The van der Waals surface area contributed by atoms with Gasteiger partial charge < -0.3 is 14.4 Å². The minimum Gasteiger partial charge on any atom is -0.485 e. The topological polar surface area (TPSA) is 51.1 Å². The second-order valence-corrected chi connectivity index (χ2v) is 6.40. The van der Waals surface area contributed by atoms with Gasteiger partial charge in [-0.05, 0) is 49.2 Å². The van der Waals surface area contributed by atoms with Gasteiger partial charge in [-0.2, -0.15) is 0 Å². The summed E-state index contributed by atoms with van der Waals surface area (Å²) in [5.74, 6) is -0.588. The van der Waals surface area contributed by atoms with Crippen molar-refractivity contribution in [3.63, 3.8) is 0 Å². The molecule has 0 bridgehead atoms. The number of carbonyl (C=O) groups is 1. The summed E-state index contributed by atoms with van der Waals surface area (Å²) in [6.45, 7) is 3.33. The molecule has 0 saturated heterocycles. The normalized spacial score (nSPS) is 11.5. The van der Waals surface area contributed by atoms with Crippen LogP contribution in [0.5, 0.6) is 11.5 Å². The predicted molar refractivity (Wildman–Crippen MR) is 101 cm³/mol. The number of carbonyl (C=O) groups excluding carboxylic acids is 1. The van der Waals surface area contributed by atoms with Crippen LogP contribution >= 0.6 is 0 Å². The number of hydrogen-bond donors (Lipinski definition) is 0. The maximum absolute atomic E-state index is 12.5. The molecule has 2 aromatic rings. The van der Waals surface area contributed by atoms with Gasteiger partial charge in [0, 0.05) is 25.7 Å². The number of ether oxygens (including phenoxy) is 2. The quantitative estimate of drug-likeness (QED) is 0.389. The van der Waals surface area contributed by atoms with Gasteiger partial charge in [-0.15, -0.1) is 13.2 Å². The third kappa shape index (κ3) is 6.29. The fraction of sp³-hybridized carbons (Fsp3) is 0.300. The van der Waals surface area contributed by atoms with Crippen molar-refractivity contribution in [2.45, 2.75) is 20.2 Å². The Morgan fingerprint density at radius 2 is 1.79 bits per heavy atom. The van der Waals surface area contributed by atoms with Crippen LogP contribution < -0.4 is 9.47 Å². The fourth-order valence-corrected chi connectivity index (χ4v) is 2.41. The second kappa shape index (κ2) is 8.77. The van der Waals surface area contributed by atoms with E-state index in [2.05, 4.69) is 9.73 Å². The summed E-state index contributed by atoms with van der Waals surface area (Å²) in [7, 11) is 3.71. The van der Waals surface area contributed by atoms with Gasteiger partial charge in [0.15, 0.2) is 12.4 Å². The van der Waals surface area contributed by atoms with E-state index in [1.807, 2.05) is 21.0 Å². The van der Waals surface area contributed by atoms with E-state index in [9.17, 15) is 18.0 Å². The van der Waals surface area contributed by atoms with Crippen LogP contribution in [0.25, 0.3) is 0 Å². The van der Waals surface area contributed by atoms with Crippen molar-refractivity contribution in [3.05, 3.63) is 53.1 Å². The lowest BCUT2D eigenvalue weighted by atomic mass is 10.0. The SMILES string of the molecule is Cc1cc(C(=O)COc2cccc(OC(F)(F)F)c2)c(C)cc1N=CN(C)C. The van der Waals surface area contributed by atoms with Gasteiger partial charge in [-0.25, -0.2) is 4.99 Å². The summed E-state index contributed by atoms with van der Waals surface area (Å²) in [4.78, 5) is 18.7. The van der Waals surface area contributed by atoms with Crippen LogP contribution in [0.2, 0.25) is 0 Å². The maximum atomic E-state index is 12.5. The Hall–Kier alpha value is -3.03. The highest BCUT2D eigenvalue weighted by molar-refractivity contribution is 5.99. The molecule has 0 heterocycles. The molecule has 150 valence electrons. The van der Waals surface area contributed by atoms with Gasteiger partial charge in [0.2, 0.25) is 0 Å². The summed E-state index contributed by atoms with van der Waals surface area (Å²) >= 11 is 0. The largest absolute Gasteiger partial charge is 0.573 e. The molecule has 28 heavy (non-hydrogen) atoms. The number of halogens is 3. The first kappa shape index (κ1) is 21.3. The van der Waals surface area contributed by atoms with E-state index < -0.39 is 12.1 Å². The molecule has 0 amide bonds. The number of ketones is 1. The molecule has 0 radical (unpaired) electrons. The number of rotatable bonds is 7. The Morgan fingerprint density at radius 3 is 2.43 bits per heavy atom.